The highest BCUT2D eigenvalue weighted by Gasteiger charge is 2.59. The maximum Gasteiger partial charge on any atom is 0.534 e. The average Bonchev–Trinajstić information content (AvgIpc) is 2.86. The molecule has 0 aliphatic heterocycles. The fourth-order valence-corrected chi connectivity index (χ4v) is 5.01. The van der Waals surface area contributed by atoms with Crippen LogP contribution >= 0.6 is 0 Å². The highest BCUT2D eigenvalue weighted by molar-refractivity contribution is 7.87. The van der Waals surface area contributed by atoms with Crippen LogP contribution in [0.15, 0.2) is 11.8 Å². The van der Waals surface area contributed by atoms with Crippen LogP contribution in [0.2, 0.25) is 0 Å². The van der Waals surface area contributed by atoms with Gasteiger partial charge in [-0.3, -0.25) is 0 Å². The molecular weight excluding hydrogens is 309 g/mol. The van der Waals surface area contributed by atoms with Gasteiger partial charge in [-0.25, -0.2) is 0 Å². The first kappa shape index (κ1) is 15.1. The molecule has 3 aliphatic carbocycles. The van der Waals surface area contributed by atoms with Crippen molar-refractivity contribution < 1.29 is 30.9 Å². The molecule has 2 saturated carbocycles. The number of halogens is 3. The molecule has 0 bridgehead atoms. The number of hydrogen-bond acceptors (Lipinski definition) is 4. The highest BCUT2D eigenvalue weighted by atomic mass is 32.2. The van der Waals surface area contributed by atoms with Crippen LogP contribution < -0.4 is 0 Å². The molecule has 21 heavy (non-hydrogen) atoms. The molecule has 0 radical (unpaired) electrons. The lowest BCUT2D eigenvalue weighted by Crippen LogP contribution is -2.40. The van der Waals surface area contributed by atoms with Crippen LogP contribution in [0.1, 0.15) is 38.5 Å². The van der Waals surface area contributed by atoms with Gasteiger partial charge in [0.25, 0.3) is 0 Å². The van der Waals surface area contributed by atoms with Gasteiger partial charge in [0.2, 0.25) is 0 Å². The topological polar surface area (TPSA) is 63.6 Å². The third-order valence-electron chi connectivity index (χ3n) is 5.32. The Balaban J connectivity index is 1.83. The second kappa shape index (κ2) is 4.62. The number of aliphatic hydroxyl groups is 1. The summed E-state index contributed by atoms with van der Waals surface area (Å²) in [5.41, 5.74) is -5.72. The molecule has 0 aromatic rings. The Morgan fingerprint density at radius 3 is 2.67 bits per heavy atom. The summed E-state index contributed by atoms with van der Waals surface area (Å²) in [5, 5.41) is 10.1. The molecule has 1 spiro atoms. The first-order valence-corrected chi connectivity index (χ1v) is 8.47. The van der Waals surface area contributed by atoms with Crippen LogP contribution in [0.5, 0.6) is 0 Å². The average molecular weight is 326 g/mol. The Kier molecular flexibility index (Phi) is 3.33. The first-order valence-electron chi connectivity index (χ1n) is 7.06. The lowest BCUT2D eigenvalue weighted by atomic mass is 9.63. The van der Waals surface area contributed by atoms with E-state index < -0.39 is 21.7 Å². The van der Waals surface area contributed by atoms with E-state index in [1.165, 1.54) is 6.08 Å². The van der Waals surface area contributed by atoms with E-state index in [-0.39, 0.29) is 23.0 Å². The second-order valence-electron chi connectivity index (χ2n) is 6.22. The first-order chi connectivity index (χ1) is 9.67. The van der Waals surface area contributed by atoms with Gasteiger partial charge in [0, 0.05) is 5.92 Å². The van der Waals surface area contributed by atoms with Crippen LogP contribution in [0, 0.1) is 17.3 Å². The molecule has 1 N–H and O–H groups in total. The van der Waals surface area contributed by atoms with Crippen molar-refractivity contribution in [1.29, 1.82) is 0 Å². The zero-order valence-electron chi connectivity index (χ0n) is 11.3. The van der Waals surface area contributed by atoms with Crippen LogP contribution in [0.3, 0.4) is 0 Å². The molecular formula is C13H17F3O4S. The fraction of sp³-hybridized carbons (Fsp3) is 0.846. The minimum absolute atomic E-state index is 0.0298. The third kappa shape index (κ3) is 2.18. The van der Waals surface area contributed by atoms with E-state index >= 15 is 0 Å². The van der Waals surface area contributed by atoms with E-state index in [1.807, 2.05) is 0 Å². The van der Waals surface area contributed by atoms with Gasteiger partial charge < -0.3 is 9.29 Å². The number of allylic oxidation sites excluding steroid dienone is 2. The summed E-state index contributed by atoms with van der Waals surface area (Å²) >= 11 is 0. The van der Waals surface area contributed by atoms with Crippen molar-refractivity contribution in [2.24, 2.45) is 17.3 Å². The monoisotopic (exact) mass is 326 g/mol. The molecule has 4 atom stereocenters. The van der Waals surface area contributed by atoms with E-state index in [0.717, 1.165) is 12.8 Å². The Labute approximate surface area is 121 Å². The summed E-state index contributed by atoms with van der Waals surface area (Å²) in [4.78, 5) is 0. The third-order valence-corrected chi connectivity index (χ3v) is 6.30. The Morgan fingerprint density at radius 1 is 1.29 bits per heavy atom. The number of hydrogen-bond donors (Lipinski definition) is 1. The molecule has 8 heteroatoms. The van der Waals surface area contributed by atoms with E-state index in [2.05, 4.69) is 4.18 Å². The van der Waals surface area contributed by atoms with Crippen molar-refractivity contribution in [2.75, 3.05) is 0 Å². The summed E-state index contributed by atoms with van der Waals surface area (Å²) in [5.74, 6) is -0.374. The van der Waals surface area contributed by atoms with E-state index in [9.17, 15) is 26.7 Å². The molecule has 2 fully saturated rings. The van der Waals surface area contributed by atoms with Crippen molar-refractivity contribution in [1.82, 2.24) is 0 Å². The molecule has 0 amide bonds. The molecule has 0 unspecified atom stereocenters. The quantitative estimate of drug-likeness (QED) is 0.626. The van der Waals surface area contributed by atoms with Crippen LogP contribution in [0.4, 0.5) is 13.2 Å². The fourth-order valence-electron chi connectivity index (χ4n) is 4.48. The molecule has 4 nitrogen and oxygen atoms in total. The number of rotatable bonds is 2. The van der Waals surface area contributed by atoms with Crippen molar-refractivity contribution in [3.8, 4) is 0 Å². The summed E-state index contributed by atoms with van der Waals surface area (Å²) in [6.07, 6.45) is 5.10. The van der Waals surface area contributed by atoms with E-state index in [4.69, 9.17) is 0 Å². The van der Waals surface area contributed by atoms with Crippen molar-refractivity contribution in [3.05, 3.63) is 11.8 Å². The minimum Gasteiger partial charge on any atom is -0.393 e. The van der Waals surface area contributed by atoms with Crippen molar-refractivity contribution in [2.45, 2.75) is 50.1 Å². The van der Waals surface area contributed by atoms with E-state index in [0.29, 0.717) is 25.7 Å². The predicted molar refractivity (Wildman–Crippen MR) is 67.3 cm³/mol. The van der Waals surface area contributed by atoms with Gasteiger partial charge >= 0.3 is 15.6 Å². The maximum atomic E-state index is 12.4. The van der Waals surface area contributed by atoms with E-state index in [1.54, 1.807) is 0 Å². The van der Waals surface area contributed by atoms with Gasteiger partial charge in [-0.1, -0.05) is 6.42 Å². The van der Waals surface area contributed by atoms with Crippen LogP contribution in [-0.2, 0) is 14.3 Å². The molecule has 0 saturated heterocycles. The van der Waals surface area contributed by atoms with Gasteiger partial charge in [0.05, 0.1) is 6.10 Å². The predicted octanol–water partition coefficient (Wildman–Crippen LogP) is 2.70. The molecule has 120 valence electrons. The lowest BCUT2D eigenvalue weighted by Gasteiger charge is -2.42. The smallest absolute Gasteiger partial charge is 0.393 e. The largest absolute Gasteiger partial charge is 0.534 e. The summed E-state index contributed by atoms with van der Waals surface area (Å²) in [6, 6.07) is 0. The Morgan fingerprint density at radius 2 is 2.00 bits per heavy atom. The molecule has 3 aliphatic rings. The van der Waals surface area contributed by atoms with Gasteiger partial charge in [0.15, 0.2) is 0 Å². The molecule has 0 heterocycles. The Bertz CT molecular complexity index is 568. The lowest BCUT2D eigenvalue weighted by molar-refractivity contribution is -0.0539. The normalized spacial score (nSPS) is 39.6. The van der Waals surface area contributed by atoms with Gasteiger partial charge in [-0.05, 0) is 49.5 Å². The van der Waals surface area contributed by atoms with Gasteiger partial charge in [-0.2, -0.15) is 21.6 Å². The molecule has 0 aromatic carbocycles. The zero-order valence-corrected chi connectivity index (χ0v) is 12.1. The maximum absolute atomic E-state index is 12.4. The summed E-state index contributed by atoms with van der Waals surface area (Å²) in [7, 11) is -5.61. The minimum atomic E-state index is -5.61. The summed E-state index contributed by atoms with van der Waals surface area (Å²) < 4.78 is 64.1. The Hall–Kier alpha value is -0.760. The molecule has 3 rings (SSSR count). The molecule has 0 aromatic heterocycles. The standard InChI is InChI=1S/C13H17F3O4S/c14-13(15,16)21(18,19)20-11-5-7-12-6-1-2-10(17)8(12)3-4-9(11)12/h5,8-10,17H,1-4,6-7H2/t8-,9+,10-,12+/m0/s1. The second-order valence-corrected chi connectivity index (χ2v) is 7.76. The van der Waals surface area contributed by atoms with Crippen LogP contribution in [0.25, 0.3) is 0 Å². The zero-order chi connectivity index (χ0) is 15.5. The SMILES string of the molecule is O=S(=O)(OC1=CC[C@]23CCC[C@H](O)[C@@H]2CC[C@H]13)C(F)(F)F. The van der Waals surface area contributed by atoms with Crippen molar-refractivity contribution >= 4 is 10.1 Å². The van der Waals surface area contributed by atoms with Crippen LogP contribution in [-0.4, -0.2) is 25.1 Å². The van der Waals surface area contributed by atoms with Gasteiger partial charge in [0.1, 0.15) is 5.76 Å². The van der Waals surface area contributed by atoms with Crippen molar-refractivity contribution in [3.63, 3.8) is 0 Å². The number of aliphatic hydroxyl groups excluding tert-OH is 1. The van der Waals surface area contributed by atoms with Gasteiger partial charge in [-0.15, -0.1) is 0 Å². The number of alkyl halides is 3. The summed E-state index contributed by atoms with van der Waals surface area (Å²) in [6.45, 7) is 0. The highest BCUT2D eigenvalue weighted by Crippen LogP contribution is 2.63.